The summed E-state index contributed by atoms with van der Waals surface area (Å²) in [6, 6.07) is 0.564. The quantitative estimate of drug-likeness (QED) is 0.525. The van der Waals surface area contributed by atoms with Crippen molar-refractivity contribution in [2.45, 2.75) is 82.4 Å². The zero-order valence-electron chi connectivity index (χ0n) is 15.2. The number of nitrogens with two attached hydrogens (primary N) is 1. The van der Waals surface area contributed by atoms with E-state index in [9.17, 15) is 4.79 Å². The number of carbonyl (C=O) groups excluding carboxylic acids is 1. The topological polar surface area (TPSA) is 73.6 Å². The van der Waals surface area contributed by atoms with Gasteiger partial charge in [0.05, 0.1) is 26.9 Å². The number of rotatable bonds is 8. The molecular weight excluding hydrogens is 308 g/mol. The fourth-order valence-electron chi connectivity index (χ4n) is 3.31. The van der Waals surface area contributed by atoms with Crippen LogP contribution in [0.15, 0.2) is 0 Å². The summed E-state index contributed by atoms with van der Waals surface area (Å²) in [6.45, 7) is 10.9. The van der Waals surface area contributed by atoms with Crippen molar-refractivity contribution in [1.82, 2.24) is 5.32 Å². The van der Waals surface area contributed by atoms with Gasteiger partial charge in [-0.05, 0) is 50.1 Å². The minimum absolute atomic E-state index is 0.138. The number of ether oxygens (including phenoxy) is 2. The first kappa shape index (κ1) is 18.7. The average molecular weight is 343 g/mol. The van der Waals surface area contributed by atoms with Crippen molar-refractivity contribution in [3.8, 4) is 0 Å². The highest BCUT2D eigenvalue weighted by Crippen LogP contribution is 2.48. The molecule has 1 spiro atoms. The Morgan fingerprint density at radius 3 is 2.74 bits per heavy atom. The van der Waals surface area contributed by atoms with Crippen molar-refractivity contribution in [3.63, 3.8) is 0 Å². The monoisotopic (exact) mass is 342 g/mol. The third-order valence-electron chi connectivity index (χ3n) is 5.61. The van der Waals surface area contributed by atoms with E-state index in [0.717, 1.165) is 25.9 Å². The number of unbranched alkanes of at least 4 members (excludes halogenated alkanes) is 1. The number of hydrogen-bond donors (Lipinski definition) is 2. The number of hydrogen-bond acceptors (Lipinski definition) is 4. The maximum absolute atomic E-state index is 10.5. The van der Waals surface area contributed by atoms with Crippen molar-refractivity contribution in [2.75, 3.05) is 13.2 Å². The van der Waals surface area contributed by atoms with E-state index in [0.29, 0.717) is 24.2 Å². The summed E-state index contributed by atoms with van der Waals surface area (Å²) in [4.78, 5) is 10.5. The summed E-state index contributed by atoms with van der Waals surface area (Å²) in [6.07, 6.45) is 6.07. The number of primary amides is 1. The van der Waals surface area contributed by atoms with Crippen LogP contribution in [0.5, 0.6) is 0 Å². The SMILES string of the molecule is C[C@@H](N[C@H]1C[C@@]12CC[C@@H](CCCCOC(N)=O)CO2)[Si](C)(C)C. The maximum Gasteiger partial charge on any atom is 0.404 e. The molecule has 1 amide bonds. The van der Waals surface area contributed by atoms with Crippen molar-refractivity contribution in [2.24, 2.45) is 11.7 Å². The Morgan fingerprint density at radius 2 is 2.17 bits per heavy atom. The van der Waals surface area contributed by atoms with Gasteiger partial charge in [-0.25, -0.2) is 4.79 Å². The molecule has 0 bridgehead atoms. The molecular formula is C17H34N2O3Si. The lowest BCUT2D eigenvalue weighted by atomic mass is 9.92. The van der Waals surface area contributed by atoms with Gasteiger partial charge in [-0.1, -0.05) is 26.6 Å². The molecule has 2 fully saturated rings. The molecule has 1 heterocycles. The molecule has 6 heteroatoms. The molecule has 1 aliphatic carbocycles. The van der Waals surface area contributed by atoms with Crippen LogP contribution in [0.2, 0.25) is 19.6 Å². The summed E-state index contributed by atoms with van der Waals surface area (Å²) >= 11 is 0. The maximum atomic E-state index is 10.5. The molecule has 1 saturated carbocycles. The van der Waals surface area contributed by atoms with Crippen LogP contribution in [0.1, 0.15) is 45.4 Å². The molecule has 23 heavy (non-hydrogen) atoms. The Bertz CT molecular complexity index is 403. The van der Waals surface area contributed by atoms with Crippen molar-refractivity contribution in [1.29, 1.82) is 0 Å². The van der Waals surface area contributed by atoms with Crippen LogP contribution < -0.4 is 11.1 Å². The Balaban J connectivity index is 1.61. The van der Waals surface area contributed by atoms with Gasteiger partial charge in [0.15, 0.2) is 0 Å². The van der Waals surface area contributed by atoms with Gasteiger partial charge in [0.25, 0.3) is 0 Å². The lowest BCUT2D eigenvalue weighted by Crippen LogP contribution is -2.49. The van der Waals surface area contributed by atoms with Crippen molar-refractivity contribution >= 4 is 14.2 Å². The van der Waals surface area contributed by atoms with Crippen molar-refractivity contribution < 1.29 is 14.3 Å². The predicted molar refractivity (Wildman–Crippen MR) is 95.1 cm³/mol. The zero-order valence-corrected chi connectivity index (χ0v) is 16.2. The molecule has 0 unspecified atom stereocenters. The van der Waals surface area contributed by atoms with E-state index >= 15 is 0 Å². The van der Waals surface area contributed by atoms with E-state index in [-0.39, 0.29) is 5.60 Å². The minimum atomic E-state index is -1.12. The predicted octanol–water partition coefficient (Wildman–Crippen LogP) is 3.05. The first-order valence-electron chi connectivity index (χ1n) is 9.05. The Kier molecular flexibility index (Phi) is 6.14. The van der Waals surface area contributed by atoms with Gasteiger partial charge in [-0.15, -0.1) is 0 Å². The van der Waals surface area contributed by atoms with E-state index in [2.05, 4.69) is 31.9 Å². The van der Waals surface area contributed by atoms with E-state index in [1.807, 2.05) is 0 Å². The molecule has 1 saturated heterocycles. The molecule has 5 nitrogen and oxygen atoms in total. The second kappa shape index (κ2) is 7.53. The normalized spacial score (nSPS) is 31.8. The molecule has 0 aromatic rings. The fourth-order valence-corrected chi connectivity index (χ4v) is 4.01. The smallest absolute Gasteiger partial charge is 0.404 e. The van der Waals surface area contributed by atoms with Gasteiger partial charge in [0.2, 0.25) is 0 Å². The van der Waals surface area contributed by atoms with Crippen LogP contribution in [0.3, 0.4) is 0 Å². The Hall–Kier alpha value is -0.593. The van der Waals surface area contributed by atoms with E-state index < -0.39 is 14.2 Å². The zero-order chi connectivity index (χ0) is 17.1. The average Bonchev–Trinajstić information content (AvgIpc) is 3.11. The number of nitrogens with one attached hydrogen (secondary N) is 1. The highest BCUT2D eigenvalue weighted by atomic mass is 28.3. The van der Waals surface area contributed by atoms with E-state index in [4.69, 9.17) is 15.2 Å². The molecule has 1 aliphatic heterocycles. The summed E-state index contributed by atoms with van der Waals surface area (Å²) in [5, 5.41) is 3.82. The first-order chi connectivity index (χ1) is 10.7. The molecule has 0 aromatic heterocycles. The van der Waals surface area contributed by atoms with E-state index in [1.54, 1.807) is 0 Å². The molecule has 4 atom stereocenters. The number of carbonyl (C=O) groups is 1. The highest BCUT2D eigenvalue weighted by Gasteiger charge is 2.57. The largest absolute Gasteiger partial charge is 0.450 e. The van der Waals surface area contributed by atoms with Gasteiger partial charge in [-0.2, -0.15) is 0 Å². The van der Waals surface area contributed by atoms with Crippen LogP contribution in [0.4, 0.5) is 4.79 Å². The number of amides is 1. The van der Waals surface area contributed by atoms with Crippen LogP contribution in [-0.4, -0.2) is 44.7 Å². The van der Waals surface area contributed by atoms with Gasteiger partial charge < -0.3 is 20.5 Å². The van der Waals surface area contributed by atoms with Gasteiger partial charge in [0, 0.05) is 6.04 Å². The molecule has 2 rings (SSSR count). The summed E-state index contributed by atoms with van der Waals surface area (Å²) in [7, 11) is -1.12. The Morgan fingerprint density at radius 1 is 1.43 bits per heavy atom. The minimum Gasteiger partial charge on any atom is -0.450 e. The standard InChI is InChI=1S/C17H34N2O3Si/c1-13(23(2,3)4)19-15-11-17(15)9-8-14(12-22-17)7-5-6-10-21-16(18)20/h13-15,19H,5-12H2,1-4H3,(H2,18,20)/t13-,14+,15-,17-/m0/s1. The van der Waals surface area contributed by atoms with Crippen LogP contribution in [-0.2, 0) is 9.47 Å². The van der Waals surface area contributed by atoms with Gasteiger partial charge in [-0.3, -0.25) is 0 Å². The van der Waals surface area contributed by atoms with Crippen LogP contribution in [0, 0.1) is 5.92 Å². The van der Waals surface area contributed by atoms with Gasteiger partial charge in [0.1, 0.15) is 0 Å². The summed E-state index contributed by atoms with van der Waals surface area (Å²) in [5.74, 6) is 0.657. The van der Waals surface area contributed by atoms with Crippen molar-refractivity contribution in [3.05, 3.63) is 0 Å². The van der Waals surface area contributed by atoms with Gasteiger partial charge >= 0.3 is 6.09 Å². The van der Waals surface area contributed by atoms with E-state index in [1.165, 1.54) is 19.3 Å². The Labute approximate surface area is 141 Å². The highest BCUT2D eigenvalue weighted by molar-refractivity contribution is 6.77. The second-order valence-electron chi connectivity index (χ2n) is 8.45. The first-order valence-corrected chi connectivity index (χ1v) is 12.6. The summed E-state index contributed by atoms with van der Waals surface area (Å²) < 4.78 is 11.0. The fraction of sp³-hybridized carbons (Fsp3) is 0.941. The van der Waals surface area contributed by atoms with Crippen LogP contribution in [0.25, 0.3) is 0 Å². The third kappa shape index (κ3) is 5.47. The summed E-state index contributed by atoms with van der Waals surface area (Å²) in [5.41, 5.74) is 5.72. The molecule has 0 radical (unpaired) electrons. The molecule has 2 aliphatic rings. The molecule has 0 aromatic carbocycles. The third-order valence-corrected chi connectivity index (χ3v) is 8.37. The second-order valence-corrected chi connectivity index (χ2v) is 14.1. The van der Waals surface area contributed by atoms with Crippen LogP contribution >= 0.6 is 0 Å². The molecule has 134 valence electrons. The lowest BCUT2D eigenvalue weighted by molar-refractivity contribution is -0.0424. The lowest BCUT2D eigenvalue weighted by Gasteiger charge is -2.32. The molecule has 3 N–H and O–H groups in total.